The zero-order valence-electron chi connectivity index (χ0n) is 47.6. The number of carbonyl (C=O) groups is 2. The second-order valence-corrected chi connectivity index (χ2v) is 23.6. The van der Waals surface area contributed by atoms with Crippen LogP contribution in [0.4, 0.5) is 10.2 Å². The Morgan fingerprint density at radius 1 is 0.952 bits per heavy atom. The van der Waals surface area contributed by atoms with Crippen molar-refractivity contribution in [1.82, 2.24) is 50.7 Å². The number of aromatic amines is 1. The number of H-pyrrole nitrogens is 1. The normalized spacial score (nSPS) is 21.5. The van der Waals surface area contributed by atoms with E-state index in [1.54, 1.807) is 23.6 Å². The zero-order chi connectivity index (χ0) is 57.9. The van der Waals surface area contributed by atoms with Crippen molar-refractivity contribution in [2.24, 2.45) is 11.0 Å². The molecule has 6 atom stereocenters. The maximum absolute atomic E-state index is 16.2. The van der Waals surface area contributed by atoms with E-state index >= 15 is 4.39 Å². The Kier molecular flexibility index (Phi) is 14.9. The van der Waals surface area contributed by atoms with Crippen LogP contribution in [0.25, 0.3) is 49.6 Å². The molecule has 8 heterocycles. The molecule has 1 aliphatic carbocycles. The lowest BCUT2D eigenvalue weighted by molar-refractivity contribution is -0.143. The first-order valence-corrected chi connectivity index (χ1v) is 29.3. The summed E-state index contributed by atoms with van der Waals surface area (Å²) in [5.74, 6) is 0.0590. The van der Waals surface area contributed by atoms with E-state index in [1.165, 1.54) is 17.3 Å². The molecule has 2 bridgehead atoms. The number of nitrogens with zero attached hydrogens (tertiary/aromatic N) is 9. The van der Waals surface area contributed by atoms with Crippen LogP contribution in [-0.2, 0) is 20.9 Å². The van der Waals surface area contributed by atoms with Gasteiger partial charge in [-0.15, -0.1) is 0 Å². The number of β-amino-alcohol motifs (C(OH)–C–C–N with tert-alkyl or cyclic N) is 1. The monoisotopic (exact) mass is 1140 g/mol. The Balaban J connectivity index is 0.791. The quantitative estimate of drug-likeness (QED) is 0.0582. The van der Waals surface area contributed by atoms with E-state index < -0.39 is 30.1 Å². The summed E-state index contributed by atoms with van der Waals surface area (Å²) >= 11 is 0. The maximum atomic E-state index is 16.2. The van der Waals surface area contributed by atoms with E-state index in [0.29, 0.717) is 58.3 Å². The highest BCUT2D eigenvalue weighted by Gasteiger charge is 2.45. The van der Waals surface area contributed by atoms with E-state index in [1.807, 2.05) is 82.4 Å². The third kappa shape index (κ3) is 10.5. The van der Waals surface area contributed by atoms with Gasteiger partial charge in [-0.1, -0.05) is 69.0 Å². The molecule has 0 spiro atoms. The maximum Gasteiger partial charge on any atom is 0.319 e. The number of nitrogens with one attached hydrogen (secondary N) is 3. The molecular formula is C64H69FN12O7. The number of aliphatic hydroxyl groups excluding tert-OH is 2. The molecule has 13 rings (SSSR count). The van der Waals surface area contributed by atoms with Gasteiger partial charge in [0, 0.05) is 102 Å². The van der Waals surface area contributed by atoms with E-state index in [2.05, 4.69) is 48.3 Å². The third-order valence-electron chi connectivity index (χ3n) is 17.6. The number of benzene rings is 4. The number of anilines is 1. The van der Waals surface area contributed by atoms with Gasteiger partial charge in [0.05, 0.1) is 49.9 Å². The van der Waals surface area contributed by atoms with E-state index in [9.17, 15) is 19.8 Å². The van der Waals surface area contributed by atoms with Crippen molar-refractivity contribution in [1.29, 1.82) is 0 Å². The Hall–Kier alpha value is -8.17. The van der Waals surface area contributed by atoms with Crippen LogP contribution in [0.1, 0.15) is 97.8 Å². The minimum atomic E-state index is -0.998. The van der Waals surface area contributed by atoms with Crippen molar-refractivity contribution < 1.29 is 38.4 Å². The van der Waals surface area contributed by atoms with Crippen molar-refractivity contribution in [3.8, 4) is 34.0 Å². The molecule has 19 nitrogen and oxygen atoms in total. The predicted octanol–water partition coefficient (Wildman–Crippen LogP) is 7.99. The van der Waals surface area contributed by atoms with E-state index in [0.717, 1.165) is 106 Å². The van der Waals surface area contributed by atoms with Gasteiger partial charge in [-0.05, 0) is 96.0 Å². The number of hydrogen-bond donors (Lipinski definition) is 5. The van der Waals surface area contributed by atoms with Crippen molar-refractivity contribution in [3.05, 3.63) is 137 Å². The van der Waals surface area contributed by atoms with Gasteiger partial charge in [0.15, 0.2) is 5.75 Å². The molecule has 5 N–H and O–H groups in total. The molecule has 1 saturated carbocycles. The molecule has 4 aromatic carbocycles. The number of piperazine rings is 1. The van der Waals surface area contributed by atoms with Crippen molar-refractivity contribution >= 4 is 51.2 Å². The van der Waals surface area contributed by atoms with Gasteiger partial charge in [0.1, 0.15) is 48.3 Å². The molecule has 434 valence electrons. The number of hydrazone groups is 1. The highest BCUT2D eigenvalue weighted by atomic mass is 19.1. The predicted molar refractivity (Wildman–Crippen MR) is 316 cm³/mol. The zero-order valence-corrected chi connectivity index (χ0v) is 47.6. The lowest BCUT2D eigenvalue weighted by Gasteiger charge is -2.35. The summed E-state index contributed by atoms with van der Waals surface area (Å²) in [5, 5.41) is 43.5. The van der Waals surface area contributed by atoms with Crippen molar-refractivity contribution in [3.63, 3.8) is 0 Å². The van der Waals surface area contributed by atoms with E-state index in [-0.39, 0.29) is 67.9 Å². The summed E-state index contributed by atoms with van der Waals surface area (Å²) in [6.07, 6.45) is 11.8. The first-order chi connectivity index (χ1) is 40.8. The third-order valence-corrected chi connectivity index (χ3v) is 17.6. The fraction of sp³-hybridized carbons (Fsp3) is 0.406. The molecule has 7 aromatic rings. The van der Waals surface area contributed by atoms with Crippen LogP contribution in [0.15, 0.2) is 103 Å². The fourth-order valence-electron chi connectivity index (χ4n) is 12.9. The number of aromatic nitrogens is 6. The summed E-state index contributed by atoms with van der Waals surface area (Å²) in [7, 11) is 0. The van der Waals surface area contributed by atoms with Gasteiger partial charge in [0.25, 0.3) is 0 Å². The SMILES string of the molecule is C=C1C=NN([C@H](C(=O)N2C[C@H](O)C[C@H]2C(=O)N[C@@H](CO)c2ccc(-c3cncnc3C)cc2)C(C)C)C=C1c1ccc(COc2c(-c3c(C)c(F)cc4[nH]ncc34)c(C3CC3)cc3c(N4C[C@@H]5C[C@H]4CN5)nc(OC4CCOCC4)nc23)cc1. The molecule has 0 radical (unpaired) electrons. The van der Waals surface area contributed by atoms with Gasteiger partial charge in [-0.2, -0.15) is 20.2 Å². The number of allylic oxidation sites excluding steroid dienone is 2. The van der Waals surface area contributed by atoms with Gasteiger partial charge < -0.3 is 44.9 Å². The van der Waals surface area contributed by atoms with Crippen LogP contribution in [-0.4, -0.2) is 144 Å². The first kappa shape index (κ1) is 55.0. The van der Waals surface area contributed by atoms with Crippen molar-refractivity contribution in [2.75, 3.05) is 44.4 Å². The minimum absolute atomic E-state index is 0.0321. The molecule has 3 aromatic heterocycles. The Morgan fingerprint density at radius 3 is 2.45 bits per heavy atom. The molecule has 6 aliphatic rings. The fourth-order valence-corrected chi connectivity index (χ4v) is 12.9. The van der Waals surface area contributed by atoms with Crippen LogP contribution in [0.2, 0.25) is 0 Å². The van der Waals surface area contributed by atoms with Crippen LogP contribution in [0.3, 0.4) is 0 Å². The molecule has 2 amide bonds. The Labute approximate surface area is 486 Å². The van der Waals surface area contributed by atoms with Gasteiger partial charge >= 0.3 is 6.01 Å². The summed E-state index contributed by atoms with van der Waals surface area (Å²) in [4.78, 5) is 51.7. The average molecular weight is 1140 g/mol. The van der Waals surface area contributed by atoms with Gasteiger partial charge in [-0.25, -0.2) is 14.4 Å². The molecule has 84 heavy (non-hydrogen) atoms. The summed E-state index contributed by atoms with van der Waals surface area (Å²) in [6.45, 7) is 14.4. The number of aryl methyl sites for hydroxylation is 1. The number of likely N-dealkylation sites (tertiary alicyclic amines) is 1. The second kappa shape index (κ2) is 22.8. The number of halogens is 1. The van der Waals surface area contributed by atoms with Crippen molar-refractivity contribution in [2.45, 2.75) is 121 Å². The summed E-state index contributed by atoms with van der Waals surface area (Å²) in [6, 6.07) is 17.4. The van der Waals surface area contributed by atoms with Crippen LogP contribution >= 0.6 is 0 Å². The second-order valence-electron chi connectivity index (χ2n) is 23.6. The largest absolute Gasteiger partial charge is 0.486 e. The first-order valence-electron chi connectivity index (χ1n) is 29.3. The molecule has 5 fully saturated rings. The molecule has 5 aliphatic heterocycles. The Morgan fingerprint density at radius 2 is 1.74 bits per heavy atom. The number of ether oxygens (including phenoxy) is 3. The molecular weight excluding hydrogens is 1070 g/mol. The number of fused-ring (bicyclic) bond motifs is 4. The summed E-state index contributed by atoms with van der Waals surface area (Å²) < 4.78 is 35.8. The number of carbonyl (C=O) groups excluding carboxylic acids is 2. The topological polar surface area (TPSA) is 229 Å². The lowest BCUT2D eigenvalue weighted by Crippen LogP contribution is -2.54. The number of rotatable bonds is 17. The van der Waals surface area contributed by atoms with E-state index in [4.69, 9.17) is 29.3 Å². The minimum Gasteiger partial charge on any atom is -0.486 e. The van der Waals surface area contributed by atoms with Crippen LogP contribution < -0.4 is 25.0 Å². The van der Waals surface area contributed by atoms with Crippen LogP contribution in [0, 0.1) is 25.6 Å². The molecule has 4 saturated heterocycles. The summed E-state index contributed by atoms with van der Waals surface area (Å²) in [5.41, 5.74) is 10.5. The number of amides is 2. The number of aliphatic hydroxyl groups is 2. The smallest absolute Gasteiger partial charge is 0.319 e. The lowest BCUT2D eigenvalue weighted by atomic mass is 9.88. The number of hydrogen-bond acceptors (Lipinski definition) is 16. The molecule has 0 unspecified atom stereocenters. The average Bonchev–Trinajstić information content (AvgIpc) is 2.47. The standard InChI is InChI=1S/C64H69FN12O7/c1-34(2)59(63(81)76-29-45(79)21-55(76)62(80)71-54(31-78)42-14-12-40(13-15-42)49-26-66-33-68-37(49)5)77-30-51(35(3)24-70-77)41-8-6-38(7-9-41)32-83-60-57(56-36(4)52(65)23-53-50(56)27-69-74-53)47(39-10-11-39)22-48-58(60)72-64(84-46-16-18-82-19-17-46)73-61(48)75-28-43-20-44(75)25-67-43/h6-9,12-15,22-24,26-27,30,33-34,39,43-46,54-55,59,67,78-79H,3,10-11,16-21,25,28-29,31-32H2,1-2,4-5H3,(H,69,74)(H,71,80)/t43-,44-,45+,54-,55-,59-/m0/s1. The van der Waals surface area contributed by atoms with Gasteiger partial charge in [0.2, 0.25) is 11.8 Å². The highest BCUT2D eigenvalue weighted by Crippen LogP contribution is 2.54. The Bertz CT molecular complexity index is 3750. The van der Waals surface area contributed by atoms with Gasteiger partial charge in [-0.3, -0.25) is 19.7 Å². The van der Waals surface area contributed by atoms with Crippen LogP contribution in [0.5, 0.6) is 11.8 Å². The molecule has 20 heteroatoms. The highest BCUT2D eigenvalue weighted by molar-refractivity contribution is 6.06.